The zero-order valence-corrected chi connectivity index (χ0v) is 10.0. The number of hydrogen-bond acceptors (Lipinski definition) is 2. The van der Waals surface area contributed by atoms with E-state index >= 15 is 0 Å². The molecule has 2 rings (SSSR count). The first-order valence-corrected chi connectivity index (χ1v) is 5.57. The number of nitrogens with zero attached hydrogens (tertiary/aromatic N) is 1. The van der Waals surface area contributed by atoms with Gasteiger partial charge in [0.15, 0.2) is 0 Å². The summed E-state index contributed by atoms with van der Waals surface area (Å²) in [4.78, 5) is 4.41. The van der Waals surface area contributed by atoms with Crippen molar-refractivity contribution in [1.29, 1.82) is 0 Å². The van der Waals surface area contributed by atoms with Crippen LogP contribution in [0.25, 0.3) is 0 Å². The minimum absolute atomic E-state index is 0. The Morgan fingerprint density at radius 3 is 2.44 bits per heavy atom. The van der Waals surface area contributed by atoms with Crippen LogP contribution in [0, 0.1) is 13.8 Å². The van der Waals surface area contributed by atoms with Gasteiger partial charge in [0.25, 0.3) is 0 Å². The summed E-state index contributed by atoms with van der Waals surface area (Å²) in [5.74, 6) is 0.251. The molecule has 0 spiro atoms. The summed E-state index contributed by atoms with van der Waals surface area (Å²) in [5, 5.41) is 9.62. The molecule has 0 aromatic heterocycles. The molecule has 2 aromatic rings. The first-order chi connectivity index (χ1) is 8.18. The van der Waals surface area contributed by atoms with Crippen molar-refractivity contribution in [3.05, 3.63) is 59.2 Å². The second-order valence-electron chi connectivity index (χ2n) is 4.04. The Hall–Kier alpha value is -1.49. The first kappa shape index (κ1) is 14.6. The molecule has 0 unspecified atom stereocenters. The van der Waals surface area contributed by atoms with Gasteiger partial charge in [-0.2, -0.15) is 0 Å². The zero-order valence-electron chi connectivity index (χ0n) is 10.0. The van der Waals surface area contributed by atoms with Gasteiger partial charge in [-0.3, -0.25) is 4.99 Å². The van der Waals surface area contributed by atoms with E-state index in [0.29, 0.717) is 0 Å². The monoisotopic (exact) mass is 233 g/mol. The summed E-state index contributed by atoms with van der Waals surface area (Å²) in [6, 6.07) is 13.2. The number of hydrogen-bond donors (Lipinski definition) is 1. The molecule has 0 atom stereocenters. The van der Waals surface area contributed by atoms with Crippen LogP contribution < -0.4 is 0 Å². The van der Waals surface area contributed by atoms with E-state index in [1.54, 1.807) is 18.3 Å². The second kappa shape index (κ2) is 6.44. The van der Waals surface area contributed by atoms with Gasteiger partial charge in [0.1, 0.15) is 5.75 Å². The number of phenols is 1. The Bertz CT molecular complexity index is 564. The standard InChI is InChI=1S/C15H15NO.Li.H/c1-11-6-5-8-14(12(11)2)16-10-13-7-3-4-9-15(13)17;;/h3-10,17H,1-2H3;;. The zero-order chi connectivity index (χ0) is 12.3. The minimum atomic E-state index is 0. The molecule has 0 saturated heterocycles. The van der Waals surface area contributed by atoms with Crippen LogP contribution in [-0.2, 0) is 0 Å². The number of phenolic OH excluding ortho intramolecular Hbond substituents is 1. The fraction of sp³-hybridized carbons (Fsp3) is 0.133. The molecule has 0 aliphatic heterocycles. The Morgan fingerprint density at radius 1 is 1.00 bits per heavy atom. The Morgan fingerprint density at radius 2 is 1.72 bits per heavy atom. The maximum atomic E-state index is 9.62. The molecule has 1 N–H and O–H groups in total. The van der Waals surface area contributed by atoms with Gasteiger partial charge in [0.2, 0.25) is 0 Å². The van der Waals surface area contributed by atoms with Crippen molar-refractivity contribution in [3.63, 3.8) is 0 Å². The molecule has 0 saturated carbocycles. The van der Waals surface area contributed by atoms with E-state index in [2.05, 4.69) is 18.0 Å². The van der Waals surface area contributed by atoms with Gasteiger partial charge in [-0.15, -0.1) is 0 Å². The topological polar surface area (TPSA) is 32.6 Å². The van der Waals surface area contributed by atoms with Crippen LogP contribution in [0.2, 0.25) is 0 Å². The Labute approximate surface area is 120 Å². The summed E-state index contributed by atoms with van der Waals surface area (Å²) in [7, 11) is 0. The number of aromatic hydroxyl groups is 1. The normalized spacial score (nSPS) is 10.3. The predicted molar refractivity (Wildman–Crippen MR) is 78.4 cm³/mol. The third kappa shape index (κ3) is 3.26. The fourth-order valence-corrected chi connectivity index (χ4v) is 1.61. The average molecular weight is 233 g/mol. The van der Waals surface area contributed by atoms with Crippen molar-refractivity contribution in [2.24, 2.45) is 4.99 Å². The number of benzene rings is 2. The van der Waals surface area contributed by atoms with Crippen LogP contribution in [0.4, 0.5) is 5.69 Å². The van der Waals surface area contributed by atoms with Crippen molar-refractivity contribution in [1.82, 2.24) is 0 Å². The van der Waals surface area contributed by atoms with Crippen molar-refractivity contribution in [2.75, 3.05) is 0 Å². The Kier molecular flexibility index (Phi) is 5.21. The quantitative estimate of drug-likeness (QED) is 0.627. The van der Waals surface area contributed by atoms with E-state index in [-0.39, 0.29) is 24.6 Å². The van der Waals surface area contributed by atoms with Crippen molar-refractivity contribution in [2.45, 2.75) is 13.8 Å². The van der Waals surface area contributed by atoms with E-state index < -0.39 is 0 Å². The van der Waals surface area contributed by atoms with E-state index in [1.807, 2.05) is 31.2 Å². The van der Waals surface area contributed by atoms with Crippen LogP contribution in [0.5, 0.6) is 5.75 Å². The van der Waals surface area contributed by atoms with Gasteiger partial charge >= 0.3 is 18.9 Å². The van der Waals surface area contributed by atoms with Crippen LogP contribution in [-0.4, -0.2) is 30.2 Å². The third-order valence-electron chi connectivity index (χ3n) is 2.86. The molecule has 0 aliphatic rings. The molecule has 0 radical (unpaired) electrons. The van der Waals surface area contributed by atoms with E-state index in [1.165, 1.54) is 11.1 Å². The third-order valence-corrected chi connectivity index (χ3v) is 2.86. The summed E-state index contributed by atoms with van der Waals surface area (Å²) in [6.45, 7) is 4.11. The van der Waals surface area contributed by atoms with Crippen molar-refractivity contribution in [3.8, 4) is 5.75 Å². The van der Waals surface area contributed by atoms with Crippen LogP contribution in [0.1, 0.15) is 16.7 Å². The average Bonchev–Trinajstić information content (AvgIpc) is 2.33. The first-order valence-electron chi connectivity index (χ1n) is 5.57. The van der Waals surface area contributed by atoms with Gasteiger partial charge in [-0.25, -0.2) is 0 Å². The summed E-state index contributed by atoms with van der Waals surface area (Å²) in [5.41, 5.74) is 4.05. The molecule has 2 nitrogen and oxygen atoms in total. The number of para-hydroxylation sites is 1. The molecule has 0 fully saturated rings. The molecule has 88 valence electrons. The van der Waals surface area contributed by atoms with Crippen LogP contribution in [0.3, 0.4) is 0 Å². The molecule has 2 aromatic carbocycles. The van der Waals surface area contributed by atoms with Gasteiger partial charge in [0.05, 0.1) is 5.69 Å². The van der Waals surface area contributed by atoms with Crippen molar-refractivity contribution < 1.29 is 5.11 Å². The SMILES string of the molecule is Cc1cccc(N=Cc2ccccc2O)c1C.[LiH]. The van der Waals surface area contributed by atoms with Crippen LogP contribution >= 0.6 is 0 Å². The van der Waals surface area contributed by atoms with E-state index in [4.69, 9.17) is 0 Å². The fourth-order valence-electron chi connectivity index (χ4n) is 1.61. The molecule has 0 heterocycles. The molecule has 3 heteroatoms. The second-order valence-corrected chi connectivity index (χ2v) is 4.04. The van der Waals surface area contributed by atoms with Crippen LogP contribution in [0.15, 0.2) is 47.5 Å². The summed E-state index contributed by atoms with van der Waals surface area (Å²) < 4.78 is 0. The van der Waals surface area contributed by atoms with Gasteiger partial charge in [-0.1, -0.05) is 24.3 Å². The predicted octanol–water partition coefficient (Wildman–Crippen LogP) is 3.11. The van der Waals surface area contributed by atoms with Gasteiger partial charge < -0.3 is 5.11 Å². The van der Waals surface area contributed by atoms with E-state index in [9.17, 15) is 5.11 Å². The number of rotatable bonds is 2. The number of aliphatic imine (C=N–C) groups is 1. The molecular weight excluding hydrogens is 217 g/mol. The molecule has 18 heavy (non-hydrogen) atoms. The molecule has 0 bridgehead atoms. The summed E-state index contributed by atoms with van der Waals surface area (Å²) >= 11 is 0. The molecular formula is C15H16LiNO. The Balaban J connectivity index is 0.00000162. The van der Waals surface area contributed by atoms with Crippen molar-refractivity contribution >= 4 is 30.8 Å². The summed E-state index contributed by atoms with van der Waals surface area (Å²) in [6.07, 6.45) is 1.69. The van der Waals surface area contributed by atoms with Gasteiger partial charge in [-0.05, 0) is 43.2 Å². The molecule has 0 aliphatic carbocycles. The molecule has 0 amide bonds. The van der Waals surface area contributed by atoms with Gasteiger partial charge in [0, 0.05) is 11.8 Å². The number of aryl methyl sites for hydroxylation is 1. The maximum absolute atomic E-state index is 9.62. The van der Waals surface area contributed by atoms with E-state index in [0.717, 1.165) is 11.3 Å².